The summed E-state index contributed by atoms with van der Waals surface area (Å²) in [5.74, 6) is 1.22. The van der Waals surface area contributed by atoms with Crippen molar-refractivity contribution >= 4 is 11.8 Å². The first-order valence-corrected chi connectivity index (χ1v) is 9.63. The molecule has 0 aromatic heterocycles. The Labute approximate surface area is 134 Å². The highest BCUT2D eigenvalue weighted by Crippen LogP contribution is 2.55. The highest BCUT2D eigenvalue weighted by atomic mass is 32.2. The number of aliphatic hydroxyl groups excluding tert-OH is 1. The topological polar surface area (TPSA) is 40.5 Å². The number of fused-ring (bicyclic) bond motifs is 1. The summed E-state index contributed by atoms with van der Waals surface area (Å²) >= 11 is 1.89. The summed E-state index contributed by atoms with van der Waals surface area (Å²) in [6.07, 6.45) is 8.24. The van der Waals surface area contributed by atoms with E-state index in [1.54, 1.807) is 0 Å². The summed E-state index contributed by atoms with van der Waals surface area (Å²) in [6.45, 7) is 8.76. The standard InChI is InChI=1S/C18H32O2S/c1-5-18(20,6-2)12-21-13(3)14-9-10-15-16(19)8-7-11-17(14,15)4/h9,13,15-16,19-20H,5-8,10-12H2,1-4H3/t13-,15?,16?,17?/m1/s1. The van der Waals surface area contributed by atoms with Crippen molar-refractivity contribution < 1.29 is 10.2 Å². The van der Waals surface area contributed by atoms with Gasteiger partial charge in [-0.25, -0.2) is 0 Å². The van der Waals surface area contributed by atoms with Gasteiger partial charge in [-0.05, 0) is 56.8 Å². The maximum absolute atomic E-state index is 10.5. The van der Waals surface area contributed by atoms with Crippen LogP contribution in [0.1, 0.15) is 66.2 Å². The van der Waals surface area contributed by atoms with Gasteiger partial charge in [0.25, 0.3) is 0 Å². The number of allylic oxidation sites excluding steroid dienone is 1. The number of aliphatic hydroxyl groups is 2. The van der Waals surface area contributed by atoms with Crippen LogP contribution in [-0.2, 0) is 0 Å². The van der Waals surface area contributed by atoms with E-state index in [-0.39, 0.29) is 11.5 Å². The second kappa shape index (κ2) is 6.64. The van der Waals surface area contributed by atoms with Gasteiger partial charge in [0, 0.05) is 11.0 Å². The first kappa shape index (κ1) is 17.4. The van der Waals surface area contributed by atoms with Gasteiger partial charge < -0.3 is 10.2 Å². The average molecular weight is 313 g/mol. The number of thioether (sulfide) groups is 1. The molecule has 0 aliphatic heterocycles. The van der Waals surface area contributed by atoms with E-state index in [9.17, 15) is 10.2 Å². The van der Waals surface area contributed by atoms with Crippen LogP contribution in [0.2, 0.25) is 0 Å². The summed E-state index contributed by atoms with van der Waals surface area (Å²) in [5, 5.41) is 21.2. The molecule has 4 atom stereocenters. The fourth-order valence-electron chi connectivity index (χ4n) is 4.21. The van der Waals surface area contributed by atoms with Crippen LogP contribution in [0.25, 0.3) is 0 Å². The van der Waals surface area contributed by atoms with Crippen molar-refractivity contribution in [2.24, 2.45) is 11.3 Å². The molecule has 0 amide bonds. The molecule has 0 saturated heterocycles. The van der Waals surface area contributed by atoms with Gasteiger partial charge in [-0.3, -0.25) is 0 Å². The fraction of sp³-hybridized carbons (Fsp3) is 0.889. The Kier molecular flexibility index (Phi) is 5.49. The van der Waals surface area contributed by atoms with Crippen LogP contribution in [0.3, 0.4) is 0 Å². The van der Waals surface area contributed by atoms with Gasteiger partial charge in [-0.2, -0.15) is 11.8 Å². The Hall–Kier alpha value is 0.01000. The van der Waals surface area contributed by atoms with E-state index in [1.807, 2.05) is 11.8 Å². The summed E-state index contributed by atoms with van der Waals surface area (Å²) in [4.78, 5) is 0. The molecule has 0 aromatic carbocycles. The minimum absolute atomic E-state index is 0.127. The van der Waals surface area contributed by atoms with E-state index >= 15 is 0 Å². The zero-order chi connectivity index (χ0) is 15.7. The van der Waals surface area contributed by atoms with Crippen LogP contribution < -0.4 is 0 Å². The van der Waals surface area contributed by atoms with Crippen molar-refractivity contribution in [1.29, 1.82) is 0 Å². The number of rotatable bonds is 6. The molecule has 3 unspecified atom stereocenters. The van der Waals surface area contributed by atoms with E-state index in [4.69, 9.17) is 0 Å². The molecule has 122 valence electrons. The lowest BCUT2D eigenvalue weighted by Gasteiger charge is -2.43. The van der Waals surface area contributed by atoms with Crippen LogP contribution in [0.4, 0.5) is 0 Å². The molecule has 3 heteroatoms. The van der Waals surface area contributed by atoms with Gasteiger partial charge in [0.15, 0.2) is 0 Å². The highest BCUT2D eigenvalue weighted by molar-refractivity contribution is 8.00. The van der Waals surface area contributed by atoms with Gasteiger partial charge in [0.1, 0.15) is 0 Å². The third kappa shape index (κ3) is 3.35. The summed E-state index contributed by atoms with van der Waals surface area (Å²) in [5.41, 5.74) is 1.18. The molecule has 21 heavy (non-hydrogen) atoms. The molecule has 2 aliphatic rings. The van der Waals surface area contributed by atoms with E-state index in [2.05, 4.69) is 33.8 Å². The molecule has 2 rings (SSSR count). The van der Waals surface area contributed by atoms with Gasteiger partial charge in [-0.1, -0.05) is 32.4 Å². The molecule has 1 fully saturated rings. The van der Waals surface area contributed by atoms with Crippen molar-refractivity contribution in [2.45, 2.75) is 83.2 Å². The van der Waals surface area contributed by atoms with Crippen molar-refractivity contribution in [3.63, 3.8) is 0 Å². The van der Waals surface area contributed by atoms with Crippen LogP contribution in [0.15, 0.2) is 11.6 Å². The van der Waals surface area contributed by atoms with E-state index in [1.165, 1.54) is 12.0 Å². The van der Waals surface area contributed by atoms with Crippen molar-refractivity contribution in [3.8, 4) is 0 Å². The van der Waals surface area contributed by atoms with Gasteiger partial charge in [0.05, 0.1) is 11.7 Å². The predicted octanol–water partition coefficient (Wildman–Crippen LogP) is 4.16. The Balaban J connectivity index is 2.01. The zero-order valence-corrected chi connectivity index (χ0v) is 14.9. The average Bonchev–Trinajstić information content (AvgIpc) is 2.83. The first-order chi connectivity index (χ1) is 9.86. The van der Waals surface area contributed by atoms with E-state index in [0.29, 0.717) is 11.2 Å². The lowest BCUT2D eigenvalue weighted by Crippen LogP contribution is -2.40. The molecule has 2 aliphatic carbocycles. The maximum Gasteiger partial charge on any atom is 0.0732 e. The summed E-state index contributed by atoms with van der Waals surface area (Å²) < 4.78 is 0. The van der Waals surface area contributed by atoms with Crippen molar-refractivity contribution in [1.82, 2.24) is 0 Å². The second-order valence-corrected chi connectivity index (χ2v) is 8.59. The van der Waals surface area contributed by atoms with Crippen LogP contribution >= 0.6 is 11.8 Å². The second-order valence-electron chi connectivity index (χ2n) is 7.26. The lowest BCUT2D eigenvalue weighted by molar-refractivity contribution is 0.0105. The van der Waals surface area contributed by atoms with E-state index in [0.717, 1.165) is 37.9 Å². The lowest BCUT2D eigenvalue weighted by atomic mass is 9.65. The SMILES string of the molecule is CCC(O)(CC)CS[C@H](C)C1=CCC2C(O)CCCC12C. The summed E-state index contributed by atoms with van der Waals surface area (Å²) in [6, 6.07) is 0. The Morgan fingerprint density at radius 3 is 2.71 bits per heavy atom. The molecule has 2 N–H and O–H groups in total. The van der Waals surface area contributed by atoms with E-state index < -0.39 is 5.60 Å². The third-order valence-corrected chi connectivity index (χ3v) is 7.54. The quantitative estimate of drug-likeness (QED) is 0.724. The first-order valence-electron chi connectivity index (χ1n) is 8.59. The Morgan fingerprint density at radius 2 is 2.10 bits per heavy atom. The van der Waals surface area contributed by atoms with Crippen molar-refractivity contribution in [3.05, 3.63) is 11.6 Å². The fourth-order valence-corrected chi connectivity index (χ4v) is 5.72. The monoisotopic (exact) mass is 312 g/mol. The van der Waals surface area contributed by atoms with Gasteiger partial charge in [0.2, 0.25) is 0 Å². The zero-order valence-electron chi connectivity index (χ0n) is 14.1. The predicted molar refractivity (Wildman–Crippen MR) is 91.6 cm³/mol. The maximum atomic E-state index is 10.5. The molecular weight excluding hydrogens is 280 g/mol. The molecule has 2 nitrogen and oxygen atoms in total. The largest absolute Gasteiger partial charge is 0.393 e. The number of hydrogen-bond acceptors (Lipinski definition) is 3. The van der Waals surface area contributed by atoms with Gasteiger partial charge in [-0.15, -0.1) is 0 Å². The Morgan fingerprint density at radius 1 is 1.43 bits per heavy atom. The van der Waals surface area contributed by atoms with Crippen LogP contribution in [0.5, 0.6) is 0 Å². The van der Waals surface area contributed by atoms with Crippen molar-refractivity contribution in [2.75, 3.05) is 5.75 Å². The molecule has 0 spiro atoms. The minimum atomic E-state index is -0.523. The molecular formula is C18H32O2S. The Bertz CT molecular complexity index is 389. The molecule has 0 heterocycles. The highest BCUT2D eigenvalue weighted by Gasteiger charge is 2.48. The van der Waals surface area contributed by atoms with Crippen LogP contribution in [0, 0.1) is 11.3 Å². The van der Waals surface area contributed by atoms with Gasteiger partial charge >= 0.3 is 0 Å². The molecule has 0 bridgehead atoms. The molecule has 1 saturated carbocycles. The summed E-state index contributed by atoms with van der Waals surface area (Å²) in [7, 11) is 0. The third-order valence-electron chi connectivity index (χ3n) is 6.09. The minimum Gasteiger partial charge on any atom is -0.393 e. The molecule has 0 aromatic rings. The van der Waals surface area contributed by atoms with Crippen LogP contribution in [-0.4, -0.2) is 32.9 Å². The number of hydrogen-bond donors (Lipinski definition) is 2. The normalized spacial score (nSPS) is 34.5. The smallest absolute Gasteiger partial charge is 0.0732 e. The molecule has 0 radical (unpaired) electrons.